The minimum absolute atomic E-state index is 0.405. The van der Waals surface area contributed by atoms with Gasteiger partial charge < -0.3 is 10.4 Å². The second-order valence-corrected chi connectivity index (χ2v) is 6.51. The van der Waals surface area contributed by atoms with E-state index in [1.165, 1.54) is 36.8 Å². The molecule has 0 saturated heterocycles. The van der Waals surface area contributed by atoms with Gasteiger partial charge in [-0.1, -0.05) is 19.9 Å². The molecule has 2 aliphatic rings. The zero-order chi connectivity index (χ0) is 13.4. The lowest BCUT2D eigenvalue weighted by atomic mass is 9.86. The number of nitrogens with one attached hydrogen (secondary N) is 1. The van der Waals surface area contributed by atoms with Crippen LogP contribution in [0.1, 0.15) is 56.7 Å². The van der Waals surface area contributed by atoms with E-state index >= 15 is 0 Å². The third-order valence-electron chi connectivity index (χ3n) is 5.32. The highest BCUT2D eigenvalue weighted by atomic mass is 16.3. The Morgan fingerprint density at radius 2 is 2.00 bits per heavy atom. The first-order chi connectivity index (χ1) is 9.15. The van der Waals surface area contributed by atoms with Gasteiger partial charge in [-0.05, 0) is 67.2 Å². The van der Waals surface area contributed by atoms with Crippen molar-refractivity contribution in [2.24, 2.45) is 11.8 Å². The van der Waals surface area contributed by atoms with E-state index < -0.39 is 0 Å². The molecule has 1 aromatic rings. The van der Waals surface area contributed by atoms with Gasteiger partial charge in [-0.15, -0.1) is 0 Å². The smallest absolute Gasteiger partial charge is 0.115 e. The van der Waals surface area contributed by atoms with E-state index in [-0.39, 0.29) is 0 Å². The van der Waals surface area contributed by atoms with E-state index in [4.69, 9.17) is 0 Å². The van der Waals surface area contributed by atoms with Crippen LogP contribution in [0.15, 0.2) is 18.2 Å². The largest absolute Gasteiger partial charge is 0.508 e. The van der Waals surface area contributed by atoms with E-state index in [9.17, 15) is 5.11 Å². The molecule has 19 heavy (non-hydrogen) atoms. The molecule has 3 rings (SSSR count). The SMILES string of the molecule is CC1CCC(NC2CCCc3cc(O)ccc32)C1C. The van der Waals surface area contributed by atoms with Crippen LogP contribution in [0.25, 0.3) is 0 Å². The van der Waals surface area contributed by atoms with Crippen LogP contribution in [-0.4, -0.2) is 11.1 Å². The number of aryl methyl sites for hydroxylation is 1. The van der Waals surface area contributed by atoms with Crippen LogP contribution in [0.3, 0.4) is 0 Å². The number of aromatic hydroxyl groups is 1. The summed E-state index contributed by atoms with van der Waals surface area (Å²) in [6, 6.07) is 7.05. The quantitative estimate of drug-likeness (QED) is 0.847. The van der Waals surface area contributed by atoms with Gasteiger partial charge in [0.15, 0.2) is 0 Å². The number of rotatable bonds is 2. The summed E-state index contributed by atoms with van der Waals surface area (Å²) in [7, 11) is 0. The average molecular weight is 259 g/mol. The third kappa shape index (κ3) is 2.51. The molecule has 2 aliphatic carbocycles. The summed E-state index contributed by atoms with van der Waals surface area (Å²) in [6.07, 6.45) is 6.24. The molecule has 1 saturated carbocycles. The van der Waals surface area contributed by atoms with E-state index in [2.05, 4.69) is 25.2 Å². The van der Waals surface area contributed by atoms with E-state index in [1.54, 1.807) is 0 Å². The normalized spacial score (nSPS) is 34.2. The zero-order valence-electron chi connectivity index (χ0n) is 12.0. The first-order valence-corrected chi connectivity index (χ1v) is 7.73. The molecule has 0 spiro atoms. The van der Waals surface area contributed by atoms with Gasteiger partial charge in [0.05, 0.1) is 0 Å². The maximum Gasteiger partial charge on any atom is 0.115 e. The van der Waals surface area contributed by atoms with Crippen LogP contribution < -0.4 is 5.32 Å². The number of phenols is 1. The van der Waals surface area contributed by atoms with Gasteiger partial charge in [0.2, 0.25) is 0 Å². The molecular weight excluding hydrogens is 234 g/mol. The molecule has 0 heterocycles. The van der Waals surface area contributed by atoms with E-state index in [0.717, 1.165) is 18.3 Å². The fourth-order valence-corrected chi connectivity index (χ4v) is 3.83. The average Bonchev–Trinajstić information content (AvgIpc) is 2.71. The molecule has 0 bridgehead atoms. The summed E-state index contributed by atoms with van der Waals surface area (Å²) >= 11 is 0. The predicted octanol–water partition coefficient (Wildman–Crippen LogP) is 3.79. The van der Waals surface area contributed by atoms with Crippen LogP contribution in [0.2, 0.25) is 0 Å². The Hall–Kier alpha value is -1.02. The lowest BCUT2D eigenvalue weighted by Gasteiger charge is -2.31. The van der Waals surface area contributed by atoms with E-state index in [1.807, 2.05) is 12.1 Å². The Balaban J connectivity index is 1.77. The Bertz CT molecular complexity index is 457. The molecular formula is C17H25NO. The highest BCUT2D eigenvalue weighted by Gasteiger charge is 2.32. The molecule has 4 atom stereocenters. The second kappa shape index (κ2) is 5.16. The monoisotopic (exact) mass is 259 g/mol. The van der Waals surface area contributed by atoms with Crippen molar-refractivity contribution in [2.45, 2.75) is 58.0 Å². The van der Waals surface area contributed by atoms with Gasteiger partial charge in [-0.2, -0.15) is 0 Å². The fourth-order valence-electron chi connectivity index (χ4n) is 3.83. The predicted molar refractivity (Wildman–Crippen MR) is 78.3 cm³/mol. The van der Waals surface area contributed by atoms with Crippen molar-refractivity contribution in [3.63, 3.8) is 0 Å². The number of benzene rings is 1. The van der Waals surface area contributed by atoms with Gasteiger partial charge in [-0.25, -0.2) is 0 Å². The van der Waals surface area contributed by atoms with Crippen molar-refractivity contribution in [1.29, 1.82) is 0 Å². The molecule has 0 aromatic heterocycles. The second-order valence-electron chi connectivity index (χ2n) is 6.51. The van der Waals surface area contributed by atoms with Crippen molar-refractivity contribution < 1.29 is 5.11 Å². The van der Waals surface area contributed by atoms with Crippen molar-refractivity contribution in [2.75, 3.05) is 0 Å². The molecule has 2 nitrogen and oxygen atoms in total. The molecule has 0 aliphatic heterocycles. The summed E-state index contributed by atoms with van der Waals surface area (Å²) in [5, 5.41) is 13.5. The molecule has 1 fully saturated rings. The Labute approximate surface area is 116 Å². The molecule has 2 N–H and O–H groups in total. The molecule has 1 aromatic carbocycles. The minimum Gasteiger partial charge on any atom is -0.508 e. The maximum atomic E-state index is 9.62. The lowest BCUT2D eigenvalue weighted by Crippen LogP contribution is -2.37. The Morgan fingerprint density at radius 1 is 1.16 bits per heavy atom. The first kappa shape index (κ1) is 13.0. The lowest BCUT2D eigenvalue weighted by molar-refractivity contribution is 0.322. The Morgan fingerprint density at radius 3 is 2.74 bits per heavy atom. The van der Waals surface area contributed by atoms with Gasteiger partial charge >= 0.3 is 0 Å². The molecule has 2 heteroatoms. The molecule has 4 unspecified atom stereocenters. The first-order valence-electron chi connectivity index (χ1n) is 7.73. The summed E-state index contributed by atoms with van der Waals surface area (Å²) in [5.41, 5.74) is 2.75. The van der Waals surface area contributed by atoms with Crippen LogP contribution in [0.5, 0.6) is 5.75 Å². The maximum absolute atomic E-state index is 9.62. The molecule has 0 radical (unpaired) electrons. The summed E-state index contributed by atoms with van der Waals surface area (Å²) < 4.78 is 0. The van der Waals surface area contributed by atoms with Crippen LogP contribution in [-0.2, 0) is 6.42 Å². The van der Waals surface area contributed by atoms with Crippen molar-refractivity contribution >= 4 is 0 Å². The van der Waals surface area contributed by atoms with Crippen LogP contribution >= 0.6 is 0 Å². The van der Waals surface area contributed by atoms with Crippen LogP contribution in [0, 0.1) is 11.8 Å². The Kier molecular flexibility index (Phi) is 3.53. The van der Waals surface area contributed by atoms with Gasteiger partial charge in [0.25, 0.3) is 0 Å². The summed E-state index contributed by atoms with van der Waals surface area (Å²) in [5.74, 6) is 2.03. The molecule has 0 amide bonds. The number of hydrogen-bond donors (Lipinski definition) is 2. The van der Waals surface area contributed by atoms with Crippen molar-refractivity contribution in [3.05, 3.63) is 29.3 Å². The van der Waals surface area contributed by atoms with Gasteiger partial charge in [0, 0.05) is 12.1 Å². The van der Waals surface area contributed by atoms with E-state index in [0.29, 0.717) is 17.8 Å². The number of phenolic OH excluding ortho intramolecular Hbond substituents is 1. The van der Waals surface area contributed by atoms with Gasteiger partial charge in [-0.3, -0.25) is 0 Å². The summed E-state index contributed by atoms with van der Waals surface area (Å²) in [4.78, 5) is 0. The zero-order valence-corrected chi connectivity index (χ0v) is 12.0. The van der Waals surface area contributed by atoms with Crippen molar-refractivity contribution in [3.8, 4) is 5.75 Å². The van der Waals surface area contributed by atoms with Crippen LogP contribution in [0.4, 0.5) is 0 Å². The van der Waals surface area contributed by atoms with Gasteiger partial charge in [0.1, 0.15) is 5.75 Å². The standard InChI is InChI=1S/C17H25NO/c1-11-6-9-16(12(11)2)18-17-5-3-4-13-10-14(19)7-8-15(13)17/h7-8,10-12,16-19H,3-6,9H2,1-2H3. The topological polar surface area (TPSA) is 32.3 Å². The minimum atomic E-state index is 0.405. The third-order valence-corrected chi connectivity index (χ3v) is 5.32. The fraction of sp³-hybridized carbons (Fsp3) is 0.647. The van der Waals surface area contributed by atoms with Crippen molar-refractivity contribution in [1.82, 2.24) is 5.32 Å². The highest BCUT2D eigenvalue weighted by molar-refractivity contribution is 5.38. The molecule has 104 valence electrons. The number of hydrogen-bond acceptors (Lipinski definition) is 2. The highest BCUT2D eigenvalue weighted by Crippen LogP contribution is 2.36. The number of fused-ring (bicyclic) bond motifs is 1. The summed E-state index contributed by atoms with van der Waals surface area (Å²) in [6.45, 7) is 4.76.